The molecule has 0 aliphatic heterocycles. The largest absolute Gasteiger partial charge is 0.492 e. The molecule has 128 valence electrons. The normalized spacial score (nSPS) is 9.96. The molecule has 4 nitrogen and oxygen atoms in total. The Bertz CT molecular complexity index is 812. The van der Waals surface area contributed by atoms with Gasteiger partial charge >= 0.3 is 0 Å². The van der Waals surface area contributed by atoms with Gasteiger partial charge in [0.05, 0.1) is 18.2 Å². The highest BCUT2D eigenvalue weighted by molar-refractivity contribution is 5.86. The maximum absolute atomic E-state index is 13.6. The molecular weight excluding hydrogens is 319 g/mol. The van der Waals surface area contributed by atoms with E-state index in [-0.39, 0.29) is 18.0 Å². The van der Waals surface area contributed by atoms with Gasteiger partial charge in [-0.15, -0.1) is 0 Å². The minimum atomic E-state index is -0.504. The zero-order valence-electron chi connectivity index (χ0n) is 14.0. The zero-order chi connectivity index (χ0) is 18.2. The molecule has 0 aliphatic carbocycles. The van der Waals surface area contributed by atoms with Crippen LogP contribution in [0.5, 0.6) is 5.75 Å². The number of benzene rings is 2. The van der Waals surface area contributed by atoms with Gasteiger partial charge in [-0.3, -0.25) is 4.79 Å². The van der Waals surface area contributed by atoms with Crippen LogP contribution in [0.25, 0.3) is 0 Å². The molecule has 2 aromatic rings. The summed E-state index contributed by atoms with van der Waals surface area (Å²) in [7, 11) is 0. The van der Waals surface area contributed by atoms with Crippen LogP contribution in [-0.4, -0.2) is 24.0 Å². The summed E-state index contributed by atoms with van der Waals surface area (Å²) in [5, 5.41) is 8.93. The van der Waals surface area contributed by atoms with Crippen molar-refractivity contribution in [2.75, 3.05) is 13.2 Å². The first-order valence-corrected chi connectivity index (χ1v) is 7.82. The molecule has 0 spiro atoms. The van der Waals surface area contributed by atoms with E-state index < -0.39 is 5.82 Å². The number of carbonyl (C=O) groups is 1. The maximum atomic E-state index is 13.6. The number of hydrogen-bond donors (Lipinski definition) is 0. The molecule has 0 aliphatic rings. The van der Waals surface area contributed by atoms with Crippen molar-refractivity contribution in [3.8, 4) is 11.8 Å². The number of amides is 1. The lowest BCUT2D eigenvalue weighted by molar-refractivity contribution is -0.127. The van der Waals surface area contributed by atoms with Gasteiger partial charge in [0.15, 0.2) is 0 Å². The van der Waals surface area contributed by atoms with Crippen LogP contribution >= 0.6 is 0 Å². The second-order valence-electron chi connectivity index (χ2n) is 5.59. The van der Waals surface area contributed by atoms with Gasteiger partial charge in [0.1, 0.15) is 18.2 Å². The highest BCUT2D eigenvalue weighted by Gasteiger charge is 2.12. The fraction of sp³-hybridized carbons (Fsp3) is 0.200. The van der Waals surface area contributed by atoms with Crippen LogP contribution in [-0.2, 0) is 11.3 Å². The summed E-state index contributed by atoms with van der Waals surface area (Å²) in [5.74, 6) is -0.0600. The van der Waals surface area contributed by atoms with Gasteiger partial charge in [-0.05, 0) is 54.5 Å². The minimum absolute atomic E-state index is 0.175. The number of ether oxygens (including phenoxy) is 1. The van der Waals surface area contributed by atoms with Crippen molar-refractivity contribution in [1.82, 2.24) is 4.90 Å². The predicted octanol–water partition coefficient (Wildman–Crippen LogP) is 3.60. The second-order valence-corrected chi connectivity index (χ2v) is 5.59. The first-order valence-electron chi connectivity index (χ1n) is 7.82. The lowest BCUT2D eigenvalue weighted by Crippen LogP contribution is -2.32. The molecule has 0 heterocycles. The molecule has 0 aromatic heterocycles. The summed E-state index contributed by atoms with van der Waals surface area (Å²) in [6, 6.07) is 13.6. The van der Waals surface area contributed by atoms with Crippen LogP contribution in [0.15, 0.2) is 55.1 Å². The molecule has 0 saturated carbocycles. The smallest absolute Gasteiger partial charge is 0.246 e. The van der Waals surface area contributed by atoms with Gasteiger partial charge in [0.25, 0.3) is 0 Å². The highest BCUT2D eigenvalue weighted by atomic mass is 19.1. The zero-order valence-corrected chi connectivity index (χ0v) is 14.0. The molecule has 0 N–H and O–H groups in total. The van der Waals surface area contributed by atoms with E-state index in [2.05, 4.69) is 6.58 Å². The van der Waals surface area contributed by atoms with E-state index in [0.717, 1.165) is 17.4 Å². The molecule has 5 heteroatoms. The average Bonchev–Trinajstić information content (AvgIpc) is 2.59. The molecule has 0 bridgehead atoms. The van der Waals surface area contributed by atoms with Crippen molar-refractivity contribution in [2.24, 2.45) is 0 Å². The Labute approximate surface area is 146 Å². The van der Waals surface area contributed by atoms with E-state index in [9.17, 15) is 9.18 Å². The number of carbonyl (C=O) groups excluding carboxylic acids is 1. The average molecular weight is 338 g/mol. The van der Waals surface area contributed by atoms with E-state index in [1.165, 1.54) is 17.0 Å². The van der Waals surface area contributed by atoms with Crippen LogP contribution in [0.4, 0.5) is 4.39 Å². The molecular formula is C20H19FN2O2. The van der Waals surface area contributed by atoms with Gasteiger partial charge in [-0.2, -0.15) is 5.26 Å². The van der Waals surface area contributed by atoms with Crippen molar-refractivity contribution >= 4 is 5.91 Å². The third-order valence-corrected chi connectivity index (χ3v) is 3.57. The molecule has 2 rings (SSSR count). The third-order valence-electron chi connectivity index (χ3n) is 3.57. The second kappa shape index (κ2) is 8.65. The summed E-state index contributed by atoms with van der Waals surface area (Å²) in [4.78, 5) is 13.5. The Morgan fingerprint density at radius 3 is 2.84 bits per heavy atom. The summed E-state index contributed by atoms with van der Waals surface area (Å²) >= 11 is 0. The fourth-order valence-electron chi connectivity index (χ4n) is 2.40. The maximum Gasteiger partial charge on any atom is 0.246 e. The highest BCUT2D eigenvalue weighted by Crippen LogP contribution is 2.14. The third kappa shape index (κ3) is 5.47. The Balaban J connectivity index is 2.04. The number of nitriles is 1. The summed E-state index contributed by atoms with van der Waals surface area (Å²) in [6.45, 7) is 6.25. The van der Waals surface area contributed by atoms with Crippen LogP contribution < -0.4 is 4.74 Å². The Hall–Kier alpha value is -3.13. The van der Waals surface area contributed by atoms with Gasteiger partial charge in [-0.25, -0.2) is 4.39 Å². The monoisotopic (exact) mass is 338 g/mol. The standard InChI is InChI=1S/C20H19FN2O2/c1-3-20(24)23(7-8-25-19-6-4-5-15(2)9-19)14-17-10-16(13-22)11-18(21)12-17/h3-6,9-12H,1,7-8,14H2,2H3. The minimum Gasteiger partial charge on any atom is -0.492 e. The van der Waals surface area contributed by atoms with E-state index in [4.69, 9.17) is 10.00 Å². The van der Waals surface area contributed by atoms with Crippen LogP contribution in [0, 0.1) is 24.1 Å². The molecule has 1 amide bonds. The molecule has 0 unspecified atom stereocenters. The van der Waals surface area contributed by atoms with Gasteiger partial charge in [0.2, 0.25) is 5.91 Å². The van der Waals surface area contributed by atoms with E-state index in [0.29, 0.717) is 18.7 Å². The summed E-state index contributed by atoms with van der Waals surface area (Å²) in [5.41, 5.74) is 1.85. The number of halogens is 1. The van der Waals surface area contributed by atoms with E-state index in [1.54, 1.807) is 6.07 Å². The van der Waals surface area contributed by atoms with Gasteiger partial charge in [-0.1, -0.05) is 18.7 Å². The van der Waals surface area contributed by atoms with Crippen molar-refractivity contribution in [1.29, 1.82) is 5.26 Å². The van der Waals surface area contributed by atoms with Crippen molar-refractivity contribution < 1.29 is 13.9 Å². The first-order chi connectivity index (χ1) is 12.0. The molecule has 0 saturated heterocycles. The lowest BCUT2D eigenvalue weighted by Gasteiger charge is -2.21. The Kier molecular flexibility index (Phi) is 6.30. The van der Waals surface area contributed by atoms with Crippen LogP contribution in [0.2, 0.25) is 0 Å². The number of rotatable bonds is 7. The Morgan fingerprint density at radius 2 is 2.16 bits per heavy atom. The van der Waals surface area contributed by atoms with Crippen molar-refractivity contribution in [2.45, 2.75) is 13.5 Å². The van der Waals surface area contributed by atoms with Crippen LogP contribution in [0.1, 0.15) is 16.7 Å². The number of aryl methyl sites for hydroxylation is 1. The van der Waals surface area contributed by atoms with Gasteiger partial charge < -0.3 is 9.64 Å². The summed E-state index contributed by atoms with van der Waals surface area (Å²) in [6.07, 6.45) is 1.21. The number of nitrogens with zero attached hydrogens (tertiary/aromatic N) is 2. The molecule has 0 radical (unpaired) electrons. The SMILES string of the molecule is C=CC(=O)N(CCOc1cccc(C)c1)Cc1cc(F)cc(C#N)c1. The predicted molar refractivity (Wildman–Crippen MR) is 93.4 cm³/mol. The lowest BCUT2D eigenvalue weighted by atomic mass is 10.1. The van der Waals surface area contributed by atoms with Crippen molar-refractivity contribution in [3.63, 3.8) is 0 Å². The Morgan fingerprint density at radius 1 is 1.36 bits per heavy atom. The molecule has 0 atom stereocenters. The topological polar surface area (TPSA) is 53.3 Å². The summed E-state index contributed by atoms with van der Waals surface area (Å²) < 4.78 is 19.2. The molecule has 25 heavy (non-hydrogen) atoms. The van der Waals surface area contributed by atoms with Crippen molar-refractivity contribution in [3.05, 3.63) is 77.6 Å². The van der Waals surface area contributed by atoms with Crippen LogP contribution in [0.3, 0.4) is 0 Å². The molecule has 2 aromatic carbocycles. The van der Waals surface area contributed by atoms with E-state index >= 15 is 0 Å². The number of hydrogen-bond acceptors (Lipinski definition) is 3. The quantitative estimate of drug-likeness (QED) is 0.725. The fourth-order valence-corrected chi connectivity index (χ4v) is 2.40. The van der Waals surface area contributed by atoms with E-state index in [1.807, 2.05) is 37.3 Å². The van der Waals surface area contributed by atoms with Gasteiger partial charge in [0, 0.05) is 6.54 Å². The first kappa shape index (κ1) is 18.2. The molecule has 0 fully saturated rings.